The van der Waals surface area contributed by atoms with Gasteiger partial charge in [-0.15, -0.1) is 0 Å². The summed E-state index contributed by atoms with van der Waals surface area (Å²) in [6.07, 6.45) is 1.97. The number of aryl methyl sites for hydroxylation is 2. The number of fused-ring (bicyclic) bond motifs is 1. The number of Topliss-reactive ketones (excluding diaryl/α,β-unsaturated/α-hetero) is 1. The summed E-state index contributed by atoms with van der Waals surface area (Å²) in [4.78, 5) is 17.9. The summed E-state index contributed by atoms with van der Waals surface area (Å²) in [6.45, 7) is 12.2. The Labute approximate surface area is 211 Å². The Morgan fingerprint density at radius 2 is 1.86 bits per heavy atom. The number of hydrogen-bond donors (Lipinski definition) is 0. The molecule has 3 aromatic carbocycles. The third-order valence-corrected chi connectivity index (χ3v) is 7.14. The molecule has 0 unspecified atom stereocenters. The molecule has 5 rings (SSSR count). The van der Waals surface area contributed by atoms with Crippen molar-refractivity contribution in [3.8, 4) is 16.9 Å². The first kappa shape index (κ1) is 23.8. The van der Waals surface area contributed by atoms with Crippen LogP contribution in [0.25, 0.3) is 32.8 Å². The summed E-state index contributed by atoms with van der Waals surface area (Å²) >= 11 is 6.82. The van der Waals surface area contributed by atoms with Crippen molar-refractivity contribution in [2.75, 3.05) is 6.61 Å². The third-order valence-electron chi connectivity index (χ3n) is 6.64. The van der Waals surface area contributed by atoms with Gasteiger partial charge in [0.15, 0.2) is 5.78 Å². The molecule has 0 radical (unpaired) electrons. The summed E-state index contributed by atoms with van der Waals surface area (Å²) in [5.41, 5.74) is 6.29. The molecule has 5 heteroatoms. The third kappa shape index (κ3) is 4.09. The van der Waals surface area contributed by atoms with Crippen LogP contribution in [0, 0.1) is 13.8 Å². The highest BCUT2D eigenvalue weighted by Gasteiger charge is 2.31. The van der Waals surface area contributed by atoms with Crippen molar-refractivity contribution < 1.29 is 14.3 Å². The summed E-state index contributed by atoms with van der Waals surface area (Å²) in [5, 5.41) is 3.68. The molecule has 0 saturated heterocycles. The van der Waals surface area contributed by atoms with Gasteiger partial charge in [-0.05, 0) is 99.0 Å². The van der Waals surface area contributed by atoms with E-state index in [0.29, 0.717) is 11.6 Å². The number of benzene rings is 3. The minimum absolute atomic E-state index is 0.0409. The van der Waals surface area contributed by atoms with Gasteiger partial charge in [0, 0.05) is 29.0 Å². The van der Waals surface area contributed by atoms with Crippen molar-refractivity contribution in [2.24, 2.45) is 0 Å². The lowest BCUT2D eigenvalue weighted by molar-refractivity contribution is -0.138. The second-order valence-corrected chi connectivity index (χ2v) is 10.8. The van der Waals surface area contributed by atoms with Crippen LogP contribution in [0.2, 0.25) is 5.02 Å². The molecule has 0 fully saturated rings. The molecule has 1 atom stereocenters. The lowest BCUT2D eigenvalue weighted by atomic mass is 9.84. The van der Waals surface area contributed by atoms with Crippen LogP contribution in [0.3, 0.4) is 0 Å². The van der Waals surface area contributed by atoms with Gasteiger partial charge in [0.1, 0.15) is 11.9 Å². The molecule has 0 saturated carbocycles. The van der Waals surface area contributed by atoms with Crippen molar-refractivity contribution in [3.63, 3.8) is 0 Å². The molecule has 0 amide bonds. The molecular weight excluding hydrogens is 458 g/mol. The maximum Gasteiger partial charge on any atom is 0.163 e. The van der Waals surface area contributed by atoms with Gasteiger partial charge in [-0.2, -0.15) is 0 Å². The van der Waals surface area contributed by atoms with Crippen LogP contribution in [0.5, 0.6) is 5.75 Å². The van der Waals surface area contributed by atoms with Crippen LogP contribution in [0.4, 0.5) is 0 Å². The van der Waals surface area contributed by atoms with Gasteiger partial charge in [0.2, 0.25) is 0 Å². The second-order valence-electron chi connectivity index (χ2n) is 10.4. The number of hydrogen-bond acceptors (Lipinski definition) is 4. The predicted octanol–water partition coefficient (Wildman–Crippen LogP) is 7.71. The van der Waals surface area contributed by atoms with E-state index in [1.54, 1.807) is 6.92 Å². The van der Waals surface area contributed by atoms with E-state index in [-0.39, 0.29) is 5.78 Å². The highest BCUT2D eigenvalue weighted by Crippen LogP contribution is 2.46. The minimum Gasteiger partial charge on any atom is -0.493 e. The number of halogens is 1. The number of aromatic nitrogens is 1. The van der Waals surface area contributed by atoms with E-state index in [2.05, 4.69) is 24.3 Å². The fourth-order valence-electron chi connectivity index (χ4n) is 5.13. The molecule has 1 aromatic heterocycles. The van der Waals surface area contributed by atoms with Gasteiger partial charge < -0.3 is 9.47 Å². The van der Waals surface area contributed by atoms with Gasteiger partial charge in [-0.25, -0.2) is 0 Å². The van der Waals surface area contributed by atoms with Crippen LogP contribution in [-0.4, -0.2) is 23.0 Å². The maximum atomic E-state index is 13.1. The van der Waals surface area contributed by atoms with Crippen molar-refractivity contribution in [1.82, 2.24) is 4.98 Å². The average molecular weight is 488 g/mol. The number of ether oxygens (including phenoxy) is 2. The normalized spacial score (nSPS) is 14.3. The van der Waals surface area contributed by atoms with Crippen molar-refractivity contribution in [2.45, 2.75) is 59.7 Å². The van der Waals surface area contributed by atoms with Gasteiger partial charge in [-0.1, -0.05) is 23.7 Å². The monoisotopic (exact) mass is 487 g/mol. The smallest absolute Gasteiger partial charge is 0.163 e. The molecule has 1 aliphatic heterocycles. The molecule has 35 heavy (non-hydrogen) atoms. The summed E-state index contributed by atoms with van der Waals surface area (Å²) < 4.78 is 12.4. The lowest BCUT2D eigenvalue weighted by Gasteiger charge is -2.30. The Kier molecular flexibility index (Phi) is 5.85. The fraction of sp³-hybridized carbons (Fsp3) is 0.333. The van der Waals surface area contributed by atoms with Crippen molar-refractivity contribution >= 4 is 39.1 Å². The van der Waals surface area contributed by atoms with E-state index in [1.165, 1.54) is 5.56 Å². The lowest BCUT2D eigenvalue weighted by Crippen LogP contribution is -2.27. The van der Waals surface area contributed by atoms with E-state index in [4.69, 9.17) is 26.1 Å². The van der Waals surface area contributed by atoms with Gasteiger partial charge in [-0.3, -0.25) is 9.78 Å². The zero-order chi connectivity index (χ0) is 25.1. The van der Waals surface area contributed by atoms with E-state index in [0.717, 1.165) is 61.7 Å². The Balaban J connectivity index is 1.94. The summed E-state index contributed by atoms with van der Waals surface area (Å²) in [7, 11) is 0. The van der Waals surface area contributed by atoms with Crippen molar-refractivity contribution in [1.29, 1.82) is 0 Å². The molecule has 0 bridgehead atoms. The SMILES string of the molecule is CC(=O)[C@@H](OC(C)(C)C)c1c(C)cc2c(Cl)c(C)ccc2c1-c1ccc2c3c(ccnc13)CCO2. The summed E-state index contributed by atoms with van der Waals surface area (Å²) in [5.74, 6) is 0.806. The molecule has 0 spiro atoms. The zero-order valence-corrected chi connectivity index (χ0v) is 21.8. The number of pyridine rings is 1. The molecular formula is C30H30ClNO3. The first-order chi connectivity index (χ1) is 16.6. The number of rotatable bonds is 4. The number of nitrogens with zero attached hydrogens (tertiary/aromatic N) is 1. The molecule has 1 aliphatic rings. The van der Waals surface area contributed by atoms with Crippen LogP contribution in [0.1, 0.15) is 56.1 Å². The maximum absolute atomic E-state index is 13.1. The van der Waals surface area contributed by atoms with E-state index < -0.39 is 11.7 Å². The van der Waals surface area contributed by atoms with Gasteiger partial charge in [0.25, 0.3) is 0 Å². The molecule has 180 valence electrons. The highest BCUT2D eigenvalue weighted by atomic mass is 35.5. The Morgan fingerprint density at radius 1 is 1.09 bits per heavy atom. The number of ketones is 1. The molecule has 4 aromatic rings. The number of carbonyl (C=O) groups is 1. The second kappa shape index (κ2) is 8.61. The Morgan fingerprint density at radius 3 is 2.57 bits per heavy atom. The largest absolute Gasteiger partial charge is 0.493 e. The Bertz CT molecular complexity index is 1490. The molecule has 0 N–H and O–H groups in total. The highest BCUT2D eigenvalue weighted by molar-refractivity contribution is 6.37. The first-order valence-corrected chi connectivity index (χ1v) is 12.4. The summed E-state index contributed by atoms with van der Waals surface area (Å²) in [6, 6.07) is 12.3. The van der Waals surface area contributed by atoms with Crippen molar-refractivity contribution in [3.05, 3.63) is 69.9 Å². The fourth-order valence-corrected chi connectivity index (χ4v) is 5.35. The topological polar surface area (TPSA) is 48.4 Å². The van der Waals surface area contributed by atoms with E-state index in [9.17, 15) is 4.79 Å². The van der Waals surface area contributed by atoms with Gasteiger partial charge >= 0.3 is 0 Å². The molecule has 4 nitrogen and oxygen atoms in total. The Hall–Kier alpha value is -2.95. The quantitative estimate of drug-likeness (QED) is 0.296. The van der Waals surface area contributed by atoms with Crippen LogP contribution >= 0.6 is 11.6 Å². The van der Waals surface area contributed by atoms with E-state index >= 15 is 0 Å². The predicted molar refractivity (Wildman–Crippen MR) is 143 cm³/mol. The first-order valence-electron chi connectivity index (χ1n) is 12.0. The minimum atomic E-state index is -0.725. The standard InChI is InChI=1S/C30H30ClNO3/c1-16-7-8-20-22(27(16)31)15-17(2)24(29(18(3)33)35-30(4,5)6)26(20)21-9-10-23-25-19(12-14-34-23)11-13-32-28(21)25/h7-11,13,15,29H,12,14H2,1-6H3/t29-/m1/s1. The molecule has 2 heterocycles. The molecule has 0 aliphatic carbocycles. The van der Waals surface area contributed by atoms with Crippen LogP contribution < -0.4 is 4.74 Å². The van der Waals surface area contributed by atoms with Crippen LogP contribution in [-0.2, 0) is 16.0 Å². The van der Waals surface area contributed by atoms with Gasteiger partial charge in [0.05, 0.1) is 22.7 Å². The average Bonchev–Trinajstić information content (AvgIpc) is 2.80. The number of carbonyl (C=O) groups excluding carboxylic acids is 1. The van der Waals surface area contributed by atoms with Crippen LogP contribution in [0.15, 0.2) is 42.6 Å². The zero-order valence-electron chi connectivity index (χ0n) is 21.1. The van der Waals surface area contributed by atoms with E-state index in [1.807, 2.05) is 52.9 Å².